The van der Waals surface area contributed by atoms with Crippen LogP contribution in [0.15, 0.2) is 40.9 Å². The maximum absolute atomic E-state index is 13.4. The quantitative estimate of drug-likeness (QED) is 0.857. The van der Waals surface area contributed by atoms with E-state index in [2.05, 4.69) is 53.3 Å². The Hall–Kier alpha value is -1.35. The van der Waals surface area contributed by atoms with Gasteiger partial charge >= 0.3 is 0 Å². The van der Waals surface area contributed by atoms with Crippen molar-refractivity contribution < 1.29 is 4.39 Å². The minimum absolute atomic E-state index is 0.227. The molecular formula is C15H15BrFN. The number of hydrogen-bond acceptors (Lipinski definition) is 1. The van der Waals surface area contributed by atoms with Crippen molar-refractivity contribution in [1.29, 1.82) is 0 Å². The lowest BCUT2D eigenvalue weighted by atomic mass is 10.1. The molecule has 0 aromatic heterocycles. The van der Waals surface area contributed by atoms with Crippen LogP contribution in [0.25, 0.3) is 0 Å². The van der Waals surface area contributed by atoms with Gasteiger partial charge in [0.15, 0.2) is 0 Å². The number of hydrogen-bond donors (Lipinski definition) is 1. The van der Waals surface area contributed by atoms with Gasteiger partial charge in [-0.1, -0.05) is 24.3 Å². The molecule has 0 fully saturated rings. The Morgan fingerprint density at radius 1 is 1.17 bits per heavy atom. The minimum Gasteiger partial charge on any atom is -0.381 e. The highest BCUT2D eigenvalue weighted by Crippen LogP contribution is 2.23. The Labute approximate surface area is 115 Å². The number of nitrogens with one attached hydrogen (secondary N) is 1. The van der Waals surface area contributed by atoms with E-state index in [0.29, 0.717) is 11.0 Å². The molecule has 2 aromatic carbocycles. The van der Waals surface area contributed by atoms with Crippen LogP contribution in [0.4, 0.5) is 10.1 Å². The molecule has 0 saturated heterocycles. The maximum Gasteiger partial charge on any atom is 0.137 e. The van der Waals surface area contributed by atoms with E-state index < -0.39 is 0 Å². The van der Waals surface area contributed by atoms with Crippen LogP contribution in [-0.4, -0.2) is 0 Å². The Morgan fingerprint density at radius 2 is 1.94 bits per heavy atom. The molecule has 0 aliphatic carbocycles. The van der Waals surface area contributed by atoms with Crippen LogP contribution >= 0.6 is 15.9 Å². The fourth-order valence-electron chi connectivity index (χ4n) is 1.80. The van der Waals surface area contributed by atoms with Crippen LogP contribution in [0, 0.1) is 19.7 Å². The van der Waals surface area contributed by atoms with Gasteiger partial charge in [0.1, 0.15) is 5.82 Å². The lowest BCUT2D eigenvalue weighted by Gasteiger charge is -2.12. The summed E-state index contributed by atoms with van der Waals surface area (Å²) in [4.78, 5) is 0. The van der Waals surface area contributed by atoms with Crippen molar-refractivity contribution in [3.63, 3.8) is 0 Å². The van der Waals surface area contributed by atoms with Crippen LogP contribution in [-0.2, 0) is 6.54 Å². The first-order valence-corrected chi connectivity index (χ1v) is 6.61. The number of aryl methyl sites for hydroxylation is 2. The van der Waals surface area contributed by atoms with Crippen LogP contribution in [0.5, 0.6) is 0 Å². The first kappa shape index (κ1) is 13.1. The minimum atomic E-state index is -0.227. The predicted octanol–water partition coefficient (Wildman–Crippen LogP) is 4.82. The molecule has 0 spiro atoms. The van der Waals surface area contributed by atoms with Gasteiger partial charge in [0.25, 0.3) is 0 Å². The number of benzene rings is 2. The van der Waals surface area contributed by atoms with E-state index in [1.165, 1.54) is 17.2 Å². The number of halogens is 2. The van der Waals surface area contributed by atoms with Crippen molar-refractivity contribution >= 4 is 21.6 Å². The molecule has 2 rings (SSSR count). The van der Waals surface area contributed by atoms with Crippen molar-refractivity contribution in [2.24, 2.45) is 0 Å². The van der Waals surface area contributed by atoms with Crippen LogP contribution in [0.2, 0.25) is 0 Å². The van der Waals surface area contributed by atoms with Gasteiger partial charge in [-0.25, -0.2) is 4.39 Å². The molecule has 0 amide bonds. The summed E-state index contributed by atoms with van der Waals surface area (Å²) >= 11 is 3.27. The standard InChI is InChI=1S/C15H15BrFN/c1-10-6-7-11(2)14(8-10)18-9-12-4-3-5-13(17)15(12)16/h3-8,18H,9H2,1-2H3. The second-order valence-corrected chi connectivity index (χ2v) is 5.18. The molecule has 2 aromatic rings. The van der Waals surface area contributed by atoms with Gasteiger partial charge in [-0.2, -0.15) is 0 Å². The summed E-state index contributed by atoms with van der Waals surface area (Å²) < 4.78 is 13.9. The van der Waals surface area contributed by atoms with Crippen LogP contribution in [0.3, 0.4) is 0 Å². The third kappa shape index (κ3) is 2.91. The van der Waals surface area contributed by atoms with Crippen molar-refractivity contribution in [1.82, 2.24) is 0 Å². The van der Waals surface area contributed by atoms with Gasteiger partial charge in [0, 0.05) is 12.2 Å². The number of rotatable bonds is 3. The van der Waals surface area contributed by atoms with Crippen molar-refractivity contribution in [2.45, 2.75) is 20.4 Å². The molecule has 18 heavy (non-hydrogen) atoms. The molecule has 1 nitrogen and oxygen atoms in total. The van der Waals surface area contributed by atoms with Crippen LogP contribution in [0.1, 0.15) is 16.7 Å². The zero-order valence-corrected chi connectivity index (χ0v) is 12.0. The largest absolute Gasteiger partial charge is 0.381 e. The highest BCUT2D eigenvalue weighted by Gasteiger charge is 2.05. The monoisotopic (exact) mass is 307 g/mol. The Morgan fingerprint density at radius 3 is 2.72 bits per heavy atom. The highest BCUT2D eigenvalue weighted by molar-refractivity contribution is 9.10. The van der Waals surface area contributed by atoms with Crippen molar-refractivity contribution in [3.05, 3.63) is 63.4 Å². The number of anilines is 1. The molecule has 0 heterocycles. The summed E-state index contributed by atoms with van der Waals surface area (Å²) in [6.45, 7) is 4.72. The summed E-state index contributed by atoms with van der Waals surface area (Å²) in [5.41, 5.74) is 4.40. The van der Waals surface area contributed by atoms with Gasteiger partial charge in [-0.05, 0) is 58.6 Å². The normalized spacial score (nSPS) is 10.4. The van der Waals surface area contributed by atoms with Gasteiger partial charge in [-0.3, -0.25) is 0 Å². The highest BCUT2D eigenvalue weighted by atomic mass is 79.9. The van der Waals surface area contributed by atoms with E-state index in [-0.39, 0.29) is 5.82 Å². The summed E-state index contributed by atoms with van der Waals surface area (Å²) in [7, 11) is 0. The van der Waals surface area contributed by atoms with E-state index in [1.807, 2.05) is 6.07 Å². The second kappa shape index (κ2) is 5.53. The predicted molar refractivity (Wildman–Crippen MR) is 77.3 cm³/mol. The molecule has 0 saturated carbocycles. The SMILES string of the molecule is Cc1ccc(C)c(NCc2cccc(F)c2Br)c1. The Kier molecular flexibility index (Phi) is 4.02. The summed E-state index contributed by atoms with van der Waals surface area (Å²) in [5, 5.41) is 3.34. The van der Waals surface area contributed by atoms with E-state index in [4.69, 9.17) is 0 Å². The van der Waals surface area contributed by atoms with Crippen LogP contribution < -0.4 is 5.32 Å². The zero-order valence-electron chi connectivity index (χ0n) is 10.4. The molecule has 0 bridgehead atoms. The van der Waals surface area contributed by atoms with Crippen molar-refractivity contribution in [3.8, 4) is 0 Å². The van der Waals surface area contributed by atoms with E-state index >= 15 is 0 Å². The lowest BCUT2D eigenvalue weighted by molar-refractivity contribution is 0.618. The first-order chi connectivity index (χ1) is 8.58. The smallest absolute Gasteiger partial charge is 0.137 e. The van der Waals surface area contributed by atoms with Gasteiger partial charge in [-0.15, -0.1) is 0 Å². The molecule has 94 valence electrons. The summed E-state index contributed by atoms with van der Waals surface area (Å²) in [6, 6.07) is 11.3. The molecule has 0 unspecified atom stereocenters. The van der Waals surface area contributed by atoms with E-state index in [0.717, 1.165) is 11.3 Å². The molecule has 0 aliphatic rings. The topological polar surface area (TPSA) is 12.0 Å². The third-order valence-corrected chi connectivity index (χ3v) is 3.78. The van der Waals surface area contributed by atoms with E-state index in [9.17, 15) is 4.39 Å². The van der Waals surface area contributed by atoms with Crippen molar-refractivity contribution in [2.75, 3.05) is 5.32 Å². The summed E-state index contributed by atoms with van der Waals surface area (Å²) in [5.74, 6) is -0.227. The second-order valence-electron chi connectivity index (χ2n) is 4.38. The fraction of sp³-hybridized carbons (Fsp3) is 0.200. The lowest BCUT2D eigenvalue weighted by Crippen LogP contribution is -2.02. The zero-order chi connectivity index (χ0) is 13.1. The molecule has 0 atom stereocenters. The van der Waals surface area contributed by atoms with Gasteiger partial charge < -0.3 is 5.32 Å². The maximum atomic E-state index is 13.4. The fourth-order valence-corrected chi connectivity index (χ4v) is 2.21. The average molecular weight is 308 g/mol. The Bertz CT molecular complexity index is 564. The summed E-state index contributed by atoms with van der Waals surface area (Å²) in [6.07, 6.45) is 0. The Balaban J connectivity index is 2.16. The van der Waals surface area contributed by atoms with Gasteiger partial charge in [0.2, 0.25) is 0 Å². The van der Waals surface area contributed by atoms with E-state index in [1.54, 1.807) is 6.07 Å². The molecule has 1 N–H and O–H groups in total. The van der Waals surface area contributed by atoms with Gasteiger partial charge in [0.05, 0.1) is 4.47 Å². The molecule has 3 heteroatoms. The molecule has 0 aliphatic heterocycles. The first-order valence-electron chi connectivity index (χ1n) is 5.82. The third-order valence-electron chi connectivity index (χ3n) is 2.89. The average Bonchev–Trinajstić information content (AvgIpc) is 2.35. The molecule has 0 radical (unpaired) electrons. The molecular weight excluding hydrogens is 293 g/mol.